The molecule has 0 spiro atoms. The largest absolute Gasteiger partial charge is 0.243 e. The Balaban J connectivity index is 2.52. The lowest BCUT2D eigenvalue weighted by molar-refractivity contribution is 0.548. The summed E-state index contributed by atoms with van der Waals surface area (Å²) in [7, 11) is -4.02. The Hall–Kier alpha value is -1.05. The quantitative estimate of drug-likeness (QED) is 0.557. The van der Waals surface area contributed by atoms with E-state index in [-0.39, 0.29) is 5.15 Å². The molecule has 2 aromatic rings. The predicted molar refractivity (Wildman–Crippen MR) is 83.6 cm³/mol. The summed E-state index contributed by atoms with van der Waals surface area (Å²) in [6.45, 7) is 1.84. The van der Waals surface area contributed by atoms with Crippen LogP contribution in [0.15, 0.2) is 33.8 Å². The number of aromatic nitrogens is 1. The van der Waals surface area contributed by atoms with E-state index in [1.54, 1.807) is 0 Å². The van der Waals surface area contributed by atoms with Gasteiger partial charge < -0.3 is 0 Å². The maximum Gasteiger partial charge on any atom is 0.185 e. The number of nitrogens with zero attached hydrogens (tertiary/aromatic N) is 1. The summed E-state index contributed by atoms with van der Waals surface area (Å²) in [5, 5.41) is 0.0474. The Morgan fingerprint density at radius 3 is 2.55 bits per heavy atom. The fourth-order valence-electron chi connectivity index (χ4n) is 2.06. The van der Waals surface area contributed by atoms with Crippen molar-refractivity contribution in [2.45, 2.75) is 24.0 Å². The molecule has 0 amide bonds. The van der Waals surface area contributed by atoms with Crippen molar-refractivity contribution in [2.75, 3.05) is 0 Å². The summed E-state index contributed by atoms with van der Waals surface area (Å²) in [5.74, 6) is -2.48. The fourth-order valence-corrected chi connectivity index (χ4v) is 4.47. The molecule has 0 unspecified atom stereocenters. The number of halogens is 4. The van der Waals surface area contributed by atoms with Gasteiger partial charge in [-0.3, -0.25) is 0 Å². The standard InChI is InChI=1S/C14H11BrClF2NO2S/c1-2-9-10(14(16)19-6-11(9)15)7-22(20,21)13-4-3-8(17)5-12(13)18/h3-6H,2,7H2,1H3. The maximum atomic E-state index is 13.7. The number of sulfone groups is 1. The molecule has 0 bridgehead atoms. The zero-order valence-corrected chi connectivity index (χ0v) is 14.6. The van der Waals surface area contributed by atoms with Crippen LogP contribution in [0.5, 0.6) is 0 Å². The van der Waals surface area contributed by atoms with E-state index < -0.39 is 32.1 Å². The first-order valence-electron chi connectivity index (χ1n) is 6.25. The molecular weight excluding hydrogens is 400 g/mol. The van der Waals surface area contributed by atoms with Crippen LogP contribution in [0, 0.1) is 11.6 Å². The van der Waals surface area contributed by atoms with Gasteiger partial charge in [0, 0.05) is 22.3 Å². The zero-order chi connectivity index (χ0) is 16.5. The summed E-state index contributed by atoms with van der Waals surface area (Å²) in [6.07, 6.45) is 2.01. The van der Waals surface area contributed by atoms with Crippen molar-refractivity contribution in [3.63, 3.8) is 0 Å². The SMILES string of the molecule is CCc1c(Br)cnc(Cl)c1CS(=O)(=O)c1ccc(F)cc1F. The number of hydrogen-bond acceptors (Lipinski definition) is 3. The molecule has 0 saturated carbocycles. The number of pyridine rings is 1. The number of rotatable bonds is 4. The van der Waals surface area contributed by atoms with E-state index in [2.05, 4.69) is 20.9 Å². The maximum absolute atomic E-state index is 13.7. The van der Waals surface area contributed by atoms with E-state index >= 15 is 0 Å². The molecule has 0 aliphatic rings. The molecule has 0 radical (unpaired) electrons. The lowest BCUT2D eigenvalue weighted by Crippen LogP contribution is -2.10. The third-order valence-electron chi connectivity index (χ3n) is 3.11. The third kappa shape index (κ3) is 3.47. The van der Waals surface area contributed by atoms with Gasteiger partial charge in [0.2, 0.25) is 0 Å². The molecule has 1 heterocycles. The highest BCUT2D eigenvalue weighted by Crippen LogP contribution is 2.30. The van der Waals surface area contributed by atoms with Crippen molar-refractivity contribution >= 4 is 37.4 Å². The topological polar surface area (TPSA) is 47.0 Å². The molecule has 2 rings (SSSR count). The predicted octanol–water partition coefficient (Wildman–Crippen LogP) is 4.31. The molecule has 8 heteroatoms. The van der Waals surface area contributed by atoms with E-state index in [9.17, 15) is 17.2 Å². The Bertz CT molecular complexity index is 828. The Labute approximate surface area is 140 Å². The Morgan fingerprint density at radius 1 is 1.27 bits per heavy atom. The smallest absolute Gasteiger partial charge is 0.185 e. The molecule has 0 aliphatic carbocycles. The molecule has 0 fully saturated rings. The molecule has 0 atom stereocenters. The van der Waals surface area contributed by atoms with Crippen molar-refractivity contribution in [1.82, 2.24) is 4.98 Å². The second-order valence-corrected chi connectivity index (χ2v) is 7.71. The fraction of sp³-hybridized carbons (Fsp3) is 0.214. The average Bonchev–Trinajstić information content (AvgIpc) is 2.42. The van der Waals surface area contributed by atoms with Gasteiger partial charge in [-0.15, -0.1) is 0 Å². The van der Waals surface area contributed by atoms with Crippen LogP contribution < -0.4 is 0 Å². The normalized spacial score (nSPS) is 11.7. The molecular formula is C14H11BrClF2NO2S. The van der Waals surface area contributed by atoms with E-state index in [0.29, 0.717) is 28.1 Å². The van der Waals surface area contributed by atoms with E-state index in [1.165, 1.54) is 6.20 Å². The Kier molecular flexibility index (Phi) is 5.19. The summed E-state index contributed by atoms with van der Waals surface area (Å²) in [5.41, 5.74) is 0.994. The van der Waals surface area contributed by atoms with Crippen molar-refractivity contribution in [1.29, 1.82) is 0 Å². The van der Waals surface area contributed by atoms with Gasteiger partial charge >= 0.3 is 0 Å². The van der Waals surface area contributed by atoms with Gasteiger partial charge in [0.1, 0.15) is 21.7 Å². The monoisotopic (exact) mass is 409 g/mol. The zero-order valence-electron chi connectivity index (χ0n) is 11.4. The average molecular weight is 411 g/mol. The van der Waals surface area contributed by atoms with Crippen LogP contribution in [-0.4, -0.2) is 13.4 Å². The van der Waals surface area contributed by atoms with Gasteiger partial charge in [-0.1, -0.05) is 18.5 Å². The molecule has 118 valence electrons. The molecule has 0 aliphatic heterocycles. The van der Waals surface area contributed by atoms with E-state index in [4.69, 9.17) is 11.6 Å². The van der Waals surface area contributed by atoms with Crippen molar-refractivity contribution in [3.8, 4) is 0 Å². The highest BCUT2D eigenvalue weighted by atomic mass is 79.9. The van der Waals surface area contributed by atoms with Crippen LogP contribution in [-0.2, 0) is 22.0 Å². The number of hydrogen-bond donors (Lipinski definition) is 0. The van der Waals surface area contributed by atoms with E-state index in [0.717, 1.165) is 12.1 Å². The first kappa shape index (κ1) is 17.3. The van der Waals surface area contributed by atoms with Gasteiger partial charge in [0.15, 0.2) is 9.84 Å². The van der Waals surface area contributed by atoms with Crippen LogP contribution in [0.25, 0.3) is 0 Å². The summed E-state index contributed by atoms with van der Waals surface area (Å²) >= 11 is 9.28. The lowest BCUT2D eigenvalue weighted by Gasteiger charge is -2.12. The first-order chi connectivity index (χ1) is 10.3. The minimum absolute atomic E-state index is 0.0474. The van der Waals surface area contributed by atoms with Crippen LogP contribution in [0.4, 0.5) is 8.78 Å². The van der Waals surface area contributed by atoms with E-state index in [1.807, 2.05) is 6.92 Å². The van der Waals surface area contributed by atoms with Crippen LogP contribution >= 0.6 is 27.5 Å². The summed E-state index contributed by atoms with van der Waals surface area (Å²) in [4.78, 5) is 3.34. The van der Waals surface area contributed by atoms with Crippen molar-refractivity contribution < 1.29 is 17.2 Å². The first-order valence-corrected chi connectivity index (χ1v) is 9.08. The lowest BCUT2D eigenvalue weighted by atomic mass is 10.1. The molecule has 1 aromatic heterocycles. The minimum Gasteiger partial charge on any atom is -0.243 e. The third-order valence-corrected chi connectivity index (χ3v) is 5.79. The molecule has 0 saturated heterocycles. The summed E-state index contributed by atoms with van der Waals surface area (Å²) < 4.78 is 52.1. The van der Waals surface area contributed by atoms with Crippen molar-refractivity contribution in [3.05, 3.63) is 56.8 Å². The second kappa shape index (κ2) is 6.60. The van der Waals surface area contributed by atoms with Crippen molar-refractivity contribution in [2.24, 2.45) is 0 Å². The van der Waals surface area contributed by atoms with Crippen LogP contribution in [0.2, 0.25) is 5.15 Å². The van der Waals surface area contributed by atoms with Gasteiger partial charge in [0.25, 0.3) is 0 Å². The number of benzene rings is 1. The highest BCUT2D eigenvalue weighted by molar-refractivity contribution is 9.10. The van der Waals surface area contributed by atoms with Crippen LogP contribution in [0.1, 0.15) is 18.1 Å². The second-order valence-electron chi connectivity index (χ2n) is 4.54. The molecule has 3 nitrogen and oxygen atoms in total. The summed E-state index contributed by atoms with van der Waals surface area (Å²) in [6, 6.07) is 2.34. The Morgan fingerprint density at radius 2 is 1.95 bits per heavy atom. The highest BCUT2D eigenvalue weighted by Gasteiger charge is 2.24. The minimum atomic E-state index is -4.02. The molecule has 22 heavy (non-hydrogen) atoms. The van der Waals surface area contributed by atoms with Gasteiger partial charge in [-0.25, -0.2) is 22.2 Å². The van der Waals surface area contributed by atoms with Gasteiger partial charge in [-0.2, -0.15) is 0 Å². The molecule has 0 N–H and O–H groups in total. The van der Waals surface area contributed by atoms with Crippen LogP contribution in [0.3, 0.4) is 0 Å². The molecule has 1 aromatic carbocycles. The van der Waals surface area contributed by atoms with Gasteiger partial charge in [0.05, 0.1) is 5.75 Å². The van der Waals surface area contributed by atoms with Gasteiger partial charge in [-0.05, 0) is 40.0 Å².